The second kappa shape index (κ2) is 9.11. The van der Waals surface area contributed by atoms with E-state index in [1.165, 1.54) is 7.11 Å². The van der Waals surface area contributed by atoms with Crippen molar-refractivity contribution < 1.29 is 14.3 Å². The first-order valence-electron chi connectivity index (χ1n) is 5.53. The smallest absolute Gasteiger partial charge is 0.333 e. The summed E-state index contributed by atoms with van der Waals surface area (Å²) in [6, 6.07) is 9.70. The number of halogens is 1. The highest BCUT2D eigenvalue weighted by atomic mass is 35.5. The van der Waals surface area contributed by atoms with Crippen LogP contribution < -0.4 is 0 Å². The van der Waals surface area contributed by atoms with Gasteiger partial charge in [-0.3, -0.25) is 4.79 Å². The minimum Gasteiger partial charge on any atom is -0.466 e. The van der Waals surface area contributed by atoms with E-state index in [4.69, 9.17) is 11.6 Å². The average molecular weight is 281 g/mol. The van der Waals surface area contributed by atoms with Crippen molar-refractivity contribution in [1.82, 2.24) is 0 Å². The molecule has 102 valence electrons. The van der Waals surface area contributed by atoms with E-state index in [2.05, 4.69) is 17.9 Å². The normalized spacial score (nSPS) is 8.79. The van der Waals surface area contributed by atoms with Crippen molar-refractivity contribution in [2.75, 3.05) is 7.11 Å². The molecular formula is C15H17ClO3. The molecule has 0 spiro atoms. The Hall–Kier alpha value is -1.87. The number of hydrogen-bond acceptors (Lipinski definition) is 3. The Morgan fingerprint density at radius 3 is 2.05 bits per heavy atom. The summed E-state index contributed by atoms with van der Waals surface area (Å²) in [5.41, 5.74) is 1.93. The van der Waals surface area contributed by atoms with Crippen molar-refractivity contribution in [2.24, 2.45) is 0 Å². The molecule has 0 fully saturated rings. The van der Waals surface area contributed by atoms with E-state index in [0.717, 1.165) is 5.56 Å². The van der Waals surface area contributed by atoms with Crippen LogP contribution in [0.1, 0.15) is 12.5 Å². The fourth-order valence-corrected chi connectivity index (χ4v) is 1.06. The van der Waals surface area contributed by atoms with Gasteiger partial charge in [0.15, 0.2) is 0 Å². The molecule has 0 N–H and O–H groups in total. The molecule has 1 aromatic rings. The predicted molar refractivity (Wildman–Crippen MR) is 77.0 cm³/mol. The number of carbonyl (C=O) groups excluding carboxylic acids is 2. The van der Waals surface area contributed by atoms with Crippen LogP contribution in [0, 0.1) is 0 Å². The maximum atomic E-state index is 11.0. The standard InChI is InChI=1S/C11H12O2.C4H5ClO/c1-9(11(12)13-2)8-10-6-4-3-5-7-10;1-3(2)4(5)6/h3-7H,1,8H2,2H3;1H2,2H3. The number of esters is 1. The number of allylic oxidation sites excluding steroid dienone is 1. The van der Waals surface area contributed by atoms with Gasteiger partial charge in [-0.2, -0.15) is 0 Å². The highest BCUT2D eigenvalue weighted by molar-refractivity contribution is 6.67. The zero-order chi connectivity index (χ0) is 14.8. The van der Waals surface area contributed by atoms with E-state index in [1.807, 2.05) is 30.3 Å². The molecule has 0 aliphatic carbocycles. The first-order valence-corrected chi connectivity index (χ1v) is 5.91. The lowest BCUT2D eigenvalue weighted by atomic mass is 10.1. The quantitative estimate of drug-likeness (QED) is 0.483. The van der Waals surface area contributed by atoms with E-state index in [9.17, 15) is 9.59 Å². The maximum absolute atomic E-state index is 11.0. The zero-order valence-electron chi connectivity index (χ0n) is 11.1. The van der Waals surface area contributed by atoms with Crippen molar-refractivity contribution in [3.05, 3.63) is 60.2 Å². The van der Waals surface area contributed by atoms with Gasteiger partial charge in [0.25, 0.3) is 0 Å². The molecule has 0 radical (unpaired) electrons. The van der Waals surface area contributed by atoms with E-state index in [1.54, 1.807) is 6.92 Å². The Labute approximate surface area is 118 Å². The van der Waals surface area contributed by atoms with E-state index in [0.29, 0.717) is 17.6 Å². The summed E-state index contributed by atoms with van der Waals surface area (Å²) < 4.78 is 4.55. The lowest BCUT2D eigenvalue weighted by Crippen LogP contribution is -2.05. The zero-order valence-corrected chi connectivity index (χ0v) is 11.9. The van der Waals surface area contributed by atoms with Crippen LogP contribution in [0.15, 0.2) is 54.6 Å². The van der Waals surface area contributed by atoms with Gasteiger partial charge in [0.2, 0.25) is 5.24 Å². The largest absolute Gasteiger partial charge is 0.466 e. The summed E-state index contributed by atoms with van der Waals surface area (Å²) in [5.74, 6) is -0.344. The molecule has 0 aliphatic heterocycles. The Bertz CT molecular complexity index is 452. The Kier molecular flexibility index (Phi) is 8.22. The fourth-order valence-electron chi connectivity index (χ4n) is 1.06. The van der Waals surface area contributed by atoms with Gasteiger partial charge < -0.3 is 4.74 Å². The minimum atomic E-state index is -0.463. The molecule has 3 nitrogen and oxygen atoms in total. The molecule has 0 aromatic heterocycles. The molecule has 4 heteroatoms. The molecule has 0 saturated heterocycles. The van der Waals surface area contributed by atoms with Gasteiger partial charge in [0.05, 0.1) is 7.11 Å². The van der Waals surface area contributed by atoms with Crippen LogP contribution in [0.2, 0.25) is 0 Å². The summed E-state index contributed by atoms with van der Waals surface area (Å²) >= 11 is 4.87. The Morgan fingerprint density at radius 2 is 1.68 bits per heavy atom. The monoisotopic (exact) mass is 280 g/mol. The SMILES string of the molecule is C=C(C)C(=O)Cl.C=C(Cc1ccccc1)C(=O)OC. The van der Waals surface area contributed by atoms with Crippen LogP contribution in [0.3, 0.4) is 0 Å². The van der Waals surface area contributed by atoms with E-state index in [-0.39, 0.29) is 5.97 Å². The first kappa shape index (κ1) is 17.1. The van der Waals surface area contributed by atoms with E-state index >= 15 is 0 Å². The van der Waals surface area contributed by atoms with Crippen molar-refractivity contribution in [3.8, 4) is 0 Å². The Morgan fingerprint density at radius 1 is 1.21 bits per heavy atom. The molecule has 1 rings (SSSR count). The molecule has 0 saturated carbocycles. The summed E-state index contributed by atoms with van der Waals surface area (Å²) in [5, 5.41) is -0.463. The van der Waals surface area contributed by atoms with Crippen molar-refractivity contribution >= 4 is 22.8 Å². The molecule has 0 aliphatic rings. The number of carbonyl (C=O) groups is 2. The summed E-state index contributed by atoms with van der Waals surface area (Å²) in [6.07, 6.45) is 0.549. The van der Waals surface area contributed by atoms with Crippen LogP contribution >= 0.6 is 11.6 Å². The minimum absolute atomic E-state index is 0.344. The summed E-state index contributed by atoms with van der Waals surface area (Å²) in [4.78, 5) is 20.8. The third-order valence-electron chi connectivity index (χ3n) is 2.07. The lowest BCUT2D eigenvalue weighted by molar-refractivity contribution is -0.136. The second-order valence-corrected chi connectivity index (χ2v) is 4.15. The molecular weight excluding hydrogens is 264 g/mol. The average Bonchev–Trinajstić information content (AvgIpc) is 2.39. The molecule has 19 heavy (non-hydrogen) atoms. The van der Waals surface area contributed by atoms with Gasteiger partial charge >= 0.3 is 5.97 Å². The van der Waals surface area contributed by atoms with Crippen LogP contribution in [-0.4, -0.2) is 18.3 Å². The van der Waals surface area contributed by atoms with Crippen LogP contribution in [0.5, 0.6) is 0 Å². The van der Waals surface area contributed by atoms with Crippen molar-refractivity contribution in [3.63, 3.8) is 0 Å². The Balaban J connectivity index is 0.000000459. The molecule has 1 aromatic carbocycles. The van der Waals surface area contributed by atoms with Gasteiger partial charge in [-0.05, 0) is 24.1 Å². The molecule has 0 heterocycles. The predicted octanol–water partition coefficient (Wildman–Crippen LogP) is 3.29. The second-order valence-electron chi connectivity index (χ2n) is 3.81. The summed E-state index contributed by atoms with van der Waals surface area (Å²) in [6.45, 7) is 8.48. The maximum Gasteiger partial charge on any atom is 0.333 e. The summed E-state index contributed by atoms with van der Waals surface area (Å²) in [7, 11) is 1.36. The number of methoxy groups -OCH3 is 1. The number of hydrogen-bond donors (Lipinski definition) is 0. The number of benzene rings is 1. The highest BCUT2D eigenvalue weighted by Crippen LogP contribution is 2.06. The fraction of sp³-hybridized carbons (Fsp3) is 0.200. The van der Waals surface area contributed by atoms with Gasteiger partial charge in [0.1, 0.15) is 0 Å². The van der Waals surface area contributed by atoms with Gasteiger partial charge in [-0.1, -0.05) is 43.5 Å². The van der Waals surface area contributed by atoms with Crippen LogP contribution in [0.4, 0.5) is 0 Å². The van der Waals surface area contributed by atoms with Crippen molar-refractivity contribution in [1.29, 1.82) is 0 Å². The number of ether oxygens (including phenoxy) is 1. The van der Waals surface area contributed by atoms with E-state index < -0.39 is 5.24 Å². The third-order valence-corrected chi connectivity index (χ3v) is 2.39. The topological polar surface area (TPSA) is 43.4 Å². The molecule has 0 unspecified atom stereocenters. The van der Waals surface area contributed by atoms with Crippen LogP contribution in [0.25, 0.3) is 0 Å². The van der Waals surface area contributed by atoms with Gasteiger partial charge in [-0.15, -0.1) is 0 Å². The van der Waals surface area contributed by atoms with Gasteiger partial charge in [0, 0.05) is 17.6 Å². The highest BCUT2D eigenvalue weighted by Gasteiger charge is 2.06. The number of rotatable bonds is 4. The molecule has 0 amide bonds. The lowest BCUT2D eigenvalue weighted by Gasteiger charge is -2.02. The van der Waals surface area contributed by atoms with Crippen molar-refractivity contribution in [2.45, 2.75) is 13.3 Å². The third kappa shape index (κ3) is 7.95. The van der Waals surface area contributed by atoms with Gasteiger partial charge in [-0.25, -0.2) is 4.79 Å². The first-order chi connectivity index (χ1) is 8.88. The molecule has 0 atom stereocenters. The van der Waals surface area contributed by atoms with Crippen LogP contribution in [-0.2, 0) is 20.7 Å². The molecule has 0 bridgehead atoms.